The molecule has 4 rings (SSSR count). The van der Waals surface area contributed by atoms with Crippen LogP contribution < -0.4 is 9.80 Å². The van der Waals surface area contributed by atoms with E-state index in [1.54, 1.807) is 6.07 Å². The van der Waals surface area contributed by atoms with Crippen molar-refractivity contribution in [3.05, 3.63) is 36.0 Å². The molecular formula is C18H16FN5O5. The molecule has 1 aliphatic heterocycles. The smallest absolute Gasteiger partial charge is 0.416 e. The lowest BCUT2D eigenvalue weighted by Gasteiger charge is -2.19. The molecule has 0 spiro atoms. The first kappa shape index (κ1) is 18.7. The van der Waals surface area contributed by atoms with Crippen LogP contribution in [-0.2, 0) is 14.9 Å². The first-order valence-electron chi connectivity index (χ1n) is 8.79. The number of carbonyl (C=O) groups is 2. The van der Waals surface area contributed by atoms with Gasteiger partial charge in [-0.15, -0.1) is 0 Å². The topological polar surface area (TPSA) is 122 Å². The Labute approximate surface area is 164 Å². The van der Waals surface area contributed by atoms with Crippen molar-refractivity contribution in [1.82, 2.24) is 10.1 Å². The Hall–Kier alpha value is -3.68. The van der Waals surface area contributed by atoms with Crippen LogP contribution in [0.5, 0.6) is 0 Å². The molecule has 2 fully saturated rings. The predicted molar refractivity (Wildman–Crippen MR) is 94.6 cm³/mol. The fraction of sp³-hybridized carbons (Fsp3) is 0.389. The van der Waals surface area contributed by atoms with Crippen LogP contribution in [0.25, 0.3) is 0 Å². The van der Waals surface area contributed by atoms with Crippen LogP contribution in [0.3, 0.4) is 0 Å². The third-order valence-electron chi connectivity index (χ3n) is 4.99. The average Bonchev–Trinajstić information content (AvgIpc) is 3.14. The number of carbonyl (C=O) groups excluding carboxylic acids is 2. The minimum absolute atomic E-state index is 0.0343. The van der Waals surface area contributed by atoms with Gasteiger partial charge in [-0.1, -0.05) is 6.07 Å². The lowest BCUT2D eigenvalue weighted by Crippen LogP contribution is -2.40. The van der Waals surface area contributed by atoms with E-state index in [1.165, 1.54) is 24.1 Å². The van der Waals surface area contributed by atoms with Crippen LogP contribution in [0.4, 0.5) is 25.6 Å². The average molecular weight is 401 g/mol. The van der Waals surface area contributed by atoms with Gasteiger partial charge in [-0.3, -0.25) is 4.90 Å². The lowest BCUT2D eigenvalue weighted by molar-refractivity contribution is 0.138. The van der Waals surface area contributed by atoms with E-state index in [0.717, 1.165) is 11.3 Å². The maximum absolute atomic E-state index is 14.6. The molecule has 2 aliphatic rings. The number of rotatable bonds is 5. The van der Waals surface area contributed by atoms with Crippen LogP contribution in [-0.4, -0.2) is 48.6 Å². The van der Waals surface area contributed by atoms with Gasteiger partial charge in [0.1, 0.15) is 11.9 Å². The molecule has 0 N–H and O–H groups in total. The molecule has 29 heavy (non-hydrogen) atoms. The fourth-order valence-corrected chi connectivity index (χ4v) is 3.29. The molecule has 150 valence electrons. The highest BCUT2D eigenvalue weighted by Crippen LogP contribution is 2.48. The summed E-state index contributed by atoms with van der Waals surface area (Å²) in [6.45, 7) is -0.00108. The maximum atomic E-state index is 14.6. The summed E-state index contributed by atoms with van der Waals surface area (Å²) in [7, 11) is 1.20. The second kappa shape index (κ2) is 7.05. The molecule has 1 atom stereocenters. The second-order valence-corrected chi connectivity index (χ2v) is 6.79. The van der Waals surface area contributed by atoms with Crippen molar-refractivity contribution in [2.45, 2.75) is 24.4 Å². The fourth-order valence-electron chi connectivity index (χ4n) is 3.29. The van der Waals surface area contributed by atoms with Crippen molar-refractivity contribution in [1.29, 1.82) is 5.26 Å². The van der Waals surface area contributed by atoms with Crippen LogP contribution >= 0.6 is 0 Å². The molecule has 1 saturated heterocycles. The van der Waals surface area contributed by atoms with Crippen molar-refractivity contribution in [2.75, 3.05) is 30.0 Å². The first-order chi connectivity index (χ1) is 14.0. The minimum atomic E-state index is -0.762. The molecule has 10 nitrogen and oxygen atoms in total. The molecule has 1 aliphatic carbocycles. The number of amides is 2. The molecule has 2 amide bonds. The predicted octanol–water partition coefficient (Wildman–Crippen LogP) is 2.36. The van der Waals surface area contributed by atoms with Crippen molar-refractivity contribution < 1.29 is 28.0 Å². The Morgan fingerprint density at radius 1 is 1.52 bits per heavy atom. The summed E-state index contributed by atoms with van der Waals surface area (Å²) in [5.74, 6) is -0.575. The summed E-state index contributed by atoms with van der Waals surface area (Å²) in [6.07, 6.45) is 0.136. The van der Waals surface area contributed by atoms with Crippen LogP contribution in [0.15, 0.2) is 29.1 Å². The number of methoxy groups -OCH3 is 1. The number of anilines is 2. The van der Waals surface area contributed by atoms with Crippen LogP contribution in [0.2, 0.25) is 0 Å². The number of hydrogen-bond donors (Lipinski definition) is 0. The lowest BCUT2D eigenvalue weighted by atomic mass is 9.97. The first-order valence-corrected chi connectivity index (χ1v) is 8.79. The zero-order valence-corrected chi connectivity index (χ0v) is 15.4. The number of halogens is 1. The summed E-state index contributed by atoms with van der Waals surface area (Å²) >= 11 is 0. The van der Waals surface area contributed by atoms with Gasteiger partial charge in [0.05, 0.1) is 37.4 Å². The van der Waals surface area contributed by atoms with Gasteiger partial charge in [0, 0.05) is 5.56 Å². The van der Waals surface area contributed by atoms with Crippen molar-refractivity contribution in [2.24, 2.45) is 0 Å². The monoisotopic (exact) mass is 401 g/mol. The number of benzene rings is 1. The van der Waals surface area contributed by atoms with Crippen LogP contribution in [0, 0.1) is 17.1 Å². The van der Waals surface area contributed by atoms with E-state index in [1.807, 2.05) is 0 Å². The van der Waals surface area contributed by atoms with E-state index in [2.05, 4.69) is 20.7 Å². The summed E-state index contributed by atoms with van der Waals surface area (Å²) in [4.78, 5) is 30.4. The molecule has 2 aromatic rings. The van der Waals surface area contributed by atoms with Gasteiger partial charge in [-0.25, -0.2) is 18.9 Å². The highest BCUT2D eigenvalue weighted by Gasteiger charge is 2.47. The molecule has 2 heterocycles. The highest BCUT2D eigenvalue weighted by molar-refractivity contribution is 5.90. The van der Waals surface area contributed by atoms with Gasteiger partial charge in [0.15, 0.2) is 0 Å². The maximum Gasteiger partial charge on any atom is 0.416 e. The van der Waals surface area contributed by atoms with Gasteiger partial charge in [-0.2, -0.15) is 10.2 Å². The molecule has 1 saturated carbocycles. The molecule has 0 unspecified atom stereocenters. The molecular weight excluding hydrogens is 385 g/mol. The molecule has 0 bridgehead atoms. The Morgan fingerprint density at radius 2 is 2.31 bits per heavy atom. The van der Waals surface area contributed by atoms with Gasteiger partial charge < -0.3 is 14.0 Å². The van der Waals surface area contributed by atoms with Gasteiger partial charge >= 0.3 is 12.2 Å². The molecule has 1 aromatic carbocycles. The number of hydrogen-bond acceptors (Lipinski definition) is 8. The number of cyclic esters (lactones) is 1. The quantitative estimate of drug-likeness (QED) is 0.748. The number of nitrogens with zero attached hydrogens (tertiary/aromatic N) is 5. The Kier molecular flexibility index (Phi) is 4.54. The second-order valence-electron chi connectivity index (χ2n) is 6.79. The third-order valence-corrected chi connectivity index (χ3v) is 4.99. The highest BCUT2D eigenvalue weighted by atomic mass is 19.1. The van der Waals surface area contributed by atoms with Crippen molar-refractivity contribution >= 4 is 23.8 Å². The summed E-state index contributed by atoms with van der Waals surface area (Å²) < 4.78 is 29.2. The van der Waals surface area contributed by atoms with Gasteiger partial charge in [0.2, 0.25) is 6.39 Å². The van der Waals surface area contributed by atoms with Crippen LogP contribution in [0.1, 0.15) is 18.4 Å². The number of nitriles is 1. The Bertz CT molecular complexity index is 985. The number of aromatic nitrogens is 2. The van der Waals surface area contributed by atoms with Crippen molar-refractivity contribution in [3.8, 4) is 6.07 Å². The zero-order chi connectivity index (χ0) is 20.6. The van der Waals surface area contributed by atoms with E-state index in [-0.39, 0.29) is 19.0 Å². The molecule has 1 aromatic heterocycles. The van der Waals surface area contributed by atoms with E-state index in [9.17, 15) is 19.2 Å². The van der Waals surface area contributed by atoms with E-state index >= 15 is 0 Å². The minimum Gasteiger partial charge on any atom is -0.452 e. The normalized spacial score (nSPS) is 19.4. The van der Waals surface area contributed by atoms with Gasteiger partial charge in [-0.05, 0) is 30.1 Å². The summed E-state index contributed by atoms with van der Waals surface area (Å²) in [5, 5.41) is 12.9. The zero-order valence-electron chi connectivity index (χ0n) is 15.4. The molecule has 0 radical (unpaired) electrons. The van der Waals surface area contributed by atoms with E-state index in [4.69, 9.17) is 9.47 Å². The summed E-state index contributed by atoms with van der Waals surface area (Å²) in [6, 6.07) is 6.48. The Morgan fingerprint density at radius 3 is 2.90 bits per heavy atom. The standard InChI is InChI=1S/C18H16FN5O5/c1-27-16(25)24(15-21-10-28-22-15)8-12-7-23(17(26)29-12)11-2-3-13(14(19)6-11)18(9-20)4-5-18/h2-3,6,10,12H,4-5,7-8H2,1H3/t12-/m1/s1. The SMILES string of the molecule is COC(=O)N(C[C@H]1CN(c2ccc(C3(C#N)CC3)c(F)c2)C(=O)O1)c1ncon1. The molecule has 11 heteroatoms. The van der Waals surface area contributed by atoms with E-state index < -0.39 is 29.5 Å². The summed E-state index contributed by atoms with van der Waals surface area (Å²) in [5.41, 5.74) is -0.124. The van der Waals surface area contributed by atoms with E-state index in [0.29, 0.717) is 24.1 Å². The Balaban J connectivity index is 1.50. The number of ether oxygens (including phenoxy) is 2. The largest absolute Gasteiger partial charge is 0.452 e. The third kappa shape index (κ3) is 3.33. The van der Waals surface area contributed by atoms with Crippen molar-refractivity contribution in [3.63, 3.8) is 0 Å². The van der Waals surface area contributed by atoms with Gasteiger partial charge in [0.25, 0.3) is 5.95 Å².